The normalized spacial score (nSPS) is 13.7. The summed E-state index contributed by atoms with van der Waals surface area (Å²) in [5, 5.41) is 23.0. The van der Waals surface area contributed by atoms with E-state index in [1.54, 1.807) is 13.1 Å². The number of benzene rings is 1. The van der Waals surface area contributed by atoms with Crippen molar-refractivity contribution < 1.29 is 19.7 Å². The average molecular weight is 283 g/mol. The second-order valence-electron chi connectivity index (χ2n) is 4.33. The molecule has 0 aliphatic heterocycles. The predicted molar refractivity (Wildman–Crippen MR) is 74.2 cm³/mol. The lowest BCUT2D eigenvalue weighted by atomic mass is 9.96. The third-order valence-electron chi connectivity index (χ3n) is 3.01. The lowest BCUT2D eigenvalue weighted by Crippen LogP contribution is -2.32. The molecule has 1 aromatic carbocycles. The number of hydrogen-bond donors (Lipinski definition) is 5. The van der Waals surface area contributed by atoms with E-state index in [1.807, 2.05) is 5.43 Å². The van der Waals surface area contributed by atoms with Crippen LogP contribution in [0.1, 0.15) is 28.4 Å². The number of hydrogen-bond acceptors (Lipinski definition) is 6. The van der Waals surface area contributed by atoms with Crippen molar-refractivity contribution in [3.8, 4) is 5.75 Å². The van der Waals surface area contributed by atoms with Crippen molar-refractivity contribution >= 4 is 5.91 Å². The van der Waals surface area contributed by atoms with Crippen LogP contribution in [0.2, 0.25) is 0 Å². The van der Waals surface area contributed by atoms with Crippen molar-refractivity contribution in [1.82, 2.24) is 10.7 Å². The van der Waals surface area contributed by atoms with Crippen LogP contribution >= 0.6 is 0 Å². The van der Waals surface area contributed by atoms with Crippen molar-refractivity contribution in [3.63, 3.8) is 0 Å². The van der Waals surface area contributed by atoms with Crippen molar-refractivity contribution in [1.29, 1.82) is 0 Å². The maximum atomic E-state index is 11.7. The van der Waals surface area contributed by atoms with E-state index in [1.165, 1.54) is 19.2 Å². The molecule has 0 aliphatic rings. The second-order valence-corrected chi connectivity index (χ2v) is 4.33. The minimum absolute atomic E-state index is 0.169. The molecular weight excluding hydrogens is 262 g/mol. The van der Waals surface area contributed by atoms with Crippen LogP contribution in [0.25, 0.3) is 0 Å². The van der Waals surface area contributed by atoms with Crippen molar-refractivity contribution in [2.45, 2.75) is 18.6 Å². The van der Waals surface area contributed by atoms with Crippen LogP contribution in [0, 0.1) is 0 Å². The first-order chi connectivity index (χ1) is 9.54. The fourth-order valence-electron chi connectivity index (χ4n) is 1.85. The van der Waals surface area contributed by atoms with E-state index in [9.17, 15) is 15.0 Å². The first-order valence-corrected chi connectivity index (χ1v) is 6.24. The monoisotopic (exact) mass is 283 g/mol. The Balaban J connectivity index is 3.06. The highest BCUT2D eigenvalue weighted by molar-refractivity contribution is 5.95. The number of carbonyl (C=O) groups is 1. The summed E-state index contributed by atoms with van der Waals surface area (Å²) in [7, 11) is 3.22. The van der Waals surface area contributed by atoms with Crippen molar-refractivity contribution in [2.24, 2.45) is 5.84 Å². The number of amides is 1. The van der Waals surface area contributed by atoms with Gasteiger partial charge in [0.05, 0.1) is 18.8 Å². The molecule has 0 radical (unpaired) electrons. The SMILES string of the molecule is CNCCC(O)C(O)c1ccc(OC)cc1C(=O)NN. The summed E-state index contributed by atoms with van der Waals surface area (Å²) in [6.45, 7) is 0.548. The van der Waals surface area contributed by atoms with Gasteiger partial charge in [-0.2, -0.15) is 0 Å². The molecule has 0 saturated heterocycles. The van der Waals surface area contributed by atoms with E-state index in [0.717, 1.165) is 0 Å². The molecule has 0 aromatic heterocycles. The third kappa shape index (κ3) is 3.91. The molecule has 20 heavy (non-hydrogen) atoms. The highest BCUT2D eigenvalue weighted by Gasteiger charge is 2.23. The quantitative estimate of drug-likeness (QED) is 0.257. The molecule has 0 saturated carbocycles. The van der Waals surface area contributed by atoms with Gasteiger partial charge in [-0.1, -0.05) is 6.07 Å². The fraction of sp³-hybridized carbons (Fsp3) is 0.462. The molecule has 7 nitrogen and oxygen atoms in total. The molecule has 1 rings (SSSR count). The molecule has 0 heterocycles. The molecular formula is C13H21N3O4. The number of carbonyl (C=O) groups excluding carboxylic acids is 1. The van der Waals surface area contributed by atoms with Crippen LogP contribution in [-0.2, 0) is 0 Å². The number of hydrazine groups is 1. The minimum Gasteiger partial charge on any atom is -0.497 e. The standard InChI is InChI=1S/C13H21N3O4/c1-15-6-5-11(17)12(18)9-4-3-8(20-2)7-10(9)13(19)16-14/h3-4,7,11-12,15,17-18H,5-6,14H2,1-2H3,(H,16,19). The smallest absolute Gasteiger partial charge is 0.265 e. The van der Waals surface area contributed by atoms with Gasteiger partial charge in [-0.05, 0) is 37.7 Å². The Kier molecular flexibility index (Phi) is 6.40. The van der Waals surface area contributed by atoms with Crippen LogP contribution in [0.15, 0.2) is 18.2 Å². The third-order valence-corrected chi connectivity index (χ3v) is 3.01. The summed E-state index contributed by atoms with van der Waals surface area (Å²) in [5.74, 6) is 5.03. The van der Waals surface area contributed by atoms with Crippen LogP contribution in [0.5, 0.6) is 5.75 Å². The molecule has 0 aliphatic carbocycles. The van der Waals surface area contributed by atoms with E-state index in [2.05, 4.69) is 5.32 Å². The lowest BCUT2D eigenvalue weighted by molar-refractivity contribution is 0.0135. The highest BCUT2D eigenvalue weighted by atomic mass is 16.5. The van der Waals surface area contributed by atoms with Gasteiger partial charge in [-0.3, -0.25) is 10.2 Å². The van der Waals surface area contributed by atoms with Crippen LogP contribution in [0.3, 0.4) is 0 Å². The fourth-order valence-corrected chi connectivity index (χ4v) is 1.85. The Hall–Kier alpha value is -1.67. The number of nitrogens with two attached hydrogens (primary N) is 1. The Morgan fingerprint density at radius 2 is 2.15 bits per heavy atom. The van der Waals surface area contributed by atoms with Gasteiger partial charge in [0.2, 0.25) is 0 Å². The first kappa shape index (κ1) is 16.4. The van der Waals surface area contributed by atoms with Gasteiger partial charge in [-0.25, -0.2) is 5.84 Å². The first-order valence-electron chi connectivity index (χ1n) is 6.24. The number of nitrogen functional groups attached to an aromatic ring is 1. The van der Waals surface area contributed by atoms with E-state index >= 15 is 0 Å². The summed E-state index contributed by atoms with van der Waals surface area (Å²) in [6.07, 6.45) is -1.81. The topological polar surface area (TPSA) is 117 Å². The number of nitrogens with one attached hydrogen (secondary N) is 2. The Morgan fingerprint density at radius 1 is 1.45 bits per heavy atom. The summed E-state index contributed by atoms with van der Waals surface area (Å²) in [6, 6.07) is 4.61. The van der Waals surface area contributed by atoms with Gasteiger partial charge in [0.25, 0.3) is 5.91 Å². The molecule has 112 valence electrons. The molecule has 0 bridgehead atoms. The average Bonchev–Trinajstić information content (AvgIpc) is 2.50. The Bertz CT molecular complexity index is 453. The highest BCUT2D eigenvalue weighted by Crippen LogP contribution is 2.26. The number of aliphatic hydroxyl groups is 2. The van der Waals surface area contributed by atoms with E-state index in [4.69, 9.17) is 10.6 Å². The van der Waals surface area contributed by atoms with Crippen molar-refractivity contribution in [2.75, 3.05) is 20.7 Å². The van der Waals surface area contributed by atoms with E-state index in [0.29, 0.717) is 24.3 Å². The molecule has 0 fully saturated rings. The summed E-state index contributed by atoms with van der Waals surface area (Å²) in [5.41, 5.74) is 2.48. The maximum absolute atomic E-state index is 11.7. The zero-order chi connectivity index (χ0) is 15.1. The zero-order valence-corrected chi connectivity index (χ0v) is 11.6. The number of methoxy groups -OCH3 is 1. The molecule has 0 spiro atoms. The lowest BCUT2D eigenvalue weighted by Gasteiger charge is -2.20. The van der Waals surface area contributed by atoms with E-state index in [-0.39, 0.29) is 5.56 Å². The summed E-state index contributed by atoms with van der Waals surface area (Å²) < 4.78 is 5.03. The zero-order valence-electron chi connectivity index (χ0n) is 11.6. The molecule has 1 amide bonds. The summed E-state index contributed by atoms with van der Waals surface area (Å²) in [4.78, 5) is 11.7. The maximum Gasteiger partial charge on any atom is 0.265 e. The van der Waals surface area contributed by atoms with Gasteiger partial charge in [0, 0.05) is 0 Å². The van der Waals surface area contributed by atoms with Gasteiger partial charge in [0.1, 0.15) is 11.9 Å². The number of ether oxygens (including phenoxy) is 1. The molecule has 1 aromatic rings. The van der Waals surface area contributed by atoms with Gasteiger partial charge in [-0.15, -0.1) is 0 Å². The van der Waals surface area contributed by atoms with Crippen LogP contribution in [0.4, 0.5) is 0 Å². The number of rotatable bonds is 7. The Morgan fingerprint density at radius 3 is 2.70 bits per heavy atom. The second kappa shape index (κ2) is 7.81. The molecule has 2 unspecified atom stereocenters. The molecule has 2 atom stereocenters. The predicted octanol–water partition coefficient (Wildman–Crippen LogP) is -0.697. The largest absolute Gasteiger partial charge is 0.497 e. The Labute approximate surface area is 117 Å². The number of aliphatic hydroxyl groups excluding tert-OH is 2. The van der Waals surface area contributed by atoms with Crippen LogP contribution < -0.4 is 21.3 Å². The molecule has 7 heteroatoms. The van der Waals surface area contributed by atoms with Crippen LogP contribution in [-0.4, -0.2) is 42.9 Å². The van der Waals surface area contributed by atoms with Crippen molar-refractivity contribution in [3.05, 3.63) is 29.3 Å². The van der Waals surface area contributed by atoms with Gasteiger partial charge < -0.3 is 20.3 Å². The summed E-state index contributed by atoms with van der Waals surface area (Å²) >= 11 is 0. The van der Waals surface area contributed by atoms with Gasteiger partial charge >= 0.3 is 0 Å². The van der Waals surface area contributed by atoms with E-state index < -0.39 is 18.1 Å². The molecule has 6 N–H and O–H groups in total. The van der Waals surface area contributed by atoms with Gasteiger partial charge in [0.15, 0.2) is 0 Å². The minimum atomic E-state index is -1.18.